The summed E-state index contributed by atoms with van der Waals surface area (Å²) in [5, 5.41) is 18.9. The van der Waals surface area contributed by atoms with E-state index in [0.717, 1.165) is 22.3 Å². The van der Waals surface area contributed by atoms with Gasteiger partial charge < -0.3 is 10.7 Å². The van der Waals surface area contributed by atoms with Crippen molar-refractivity contribution < 1.29 is 0 Å². The van der Waals surface area contributed by atoms with E-state index >= 15 is 0 Å². The average molecular weight is 390 g/mol. The van der Waals surface area contributed by atoms with E-state index < -0.39 is 0 Å². The molecule has 142 valence electrons. The molecule has 0 amide bonds. The Morgan fingerprint density at radius 2 is 1.73 bits per heavy atom. The fourth-order valence-electron chi connectivity index (χ4n) is 3.59. The number of nitrogen functional groups attached to an aromatic ring is 1. The Morgan fingerprint density at radius 1 is 0.967 bits per heavy atom. The van der Waals surface area contributed by atoms with Gasteiger partial charge in [0, 0.05) is 5.69 Å². The maximum Gasteiger partial charge on any atom is 0.179 e. The molecular formula is C22H14N8. The Bertz CT molecular complexity index is 1510. The summed E-state index contributed by atoms with van der Waals surface area (Å²) in [5.41, 5.74) is 11.3. The van der Waals surface area contributed by atoms with Gasteiger partial charge in [0.2, 0.25) is 0 Å². The van der Waals surface area contributed by atoms with E-state index in [2.05, 4.69) is 19.9 Å². The fourth-order valence-corrected chi connectivity index (χ4v) is 3.59. The lowest BCUT2D eigenvalue weighted by Gasteiger charge is -2.08. The highest BCUT2D eigenvalue weighted by molar-refractivity contribution is 5.99. The molecule has 8 heteroatoms. The van der Waals surface area contributed by atoms with Gasteiger partial charge in [-0.25, -0.2) is 15.0 Å². The predicted octanol–water partition coefficient (Wildman–Crippen LogP) is 3.60. The van der Waals surface area contributed by atoms with E-state index in [0.29, 0.717) is 28.4 Å². The Kier molecular flexibility index (Phi) is 3.73. The summed E-state index contributed by atoms with van der Waals surface area (Å²) in [4.78, 5) is 16.8. The molecule has 5 aromatic rings. The fraction of sp³-hybridized carbons (Fsp3) is 0.0455. The number of fused-ring (bicyclic) bond motifs is 2. The number of anilines is 1. The molecule has 0 spiro atoms. The first-order chi connectivity index (χ1) is 14.6. The maximum atomic E-state index is 9.45. The van der Waals surface area contributed by atoms with Crippen LogP contribution in [0, 0.1) is 29.6 Å². The molecule has 30 heavy (non-hydrogen) atoms. The Balaban J connectivity index is 1.92. The molecule has 0 unspecified atom stereocenters. The Hall–Kier alpha value is -4.69. The van der Waals surface area contributed by atoms with Crippen molar-refractivity contribution in [2.24, 2.45) is 0 Å². The molecule has 0 atom stereocenters. The molecule has 8 nitrogen and oxygen atoms in total. The summed E-state index contributed by atoms with van der Waals surface area (Å²) in [5.74, 6) is 0.890. The zero-order valence-corrected chi connectivity index (χ0v) is 15.9. The minimum absolute atomic E-state index is 0.0486. The molecule has 0 radical (unpaired) electrons. The highest BCUT2D eigenvalue weighted by Gasteiger charge is 2.24. The number of para-hydroxylation sites is 2. The molecule has 0 fully saturated rings. The van der Waals surface area contributed by atoms with Gasteiger partial charge >= 0.3 is 0 Å². The van der Waals surface area contributed by atoms with Crippen LogP contribution >= 0.6 is 0 Å². The van der Waals surface area contributed by atoms with Crippen molar-refractivity contribution >= 4 is 28.0 Å². The highest BCUT2D eigenvalue weighted by atomic mass is 15.1. The lowest BCUT2D eigenvalue weighted by atomic mass is 10.2. The molecule has 3 N–H and O–H groups in total. The molecule has 3 aromatic heterocycles. The monoisotopic (exact) mass is 390 g/mol. The van der Waals surface area contributed by atoms with Gasteiger partial charge in [-0.15, -0.1) is 0 Å². The first-order valence-electron chi connectivity index (χ1n) is 9.15. The third-order valence-corrected chi connectivity index (χ3v) is 4.92. The summed E-state index contributed by atoms with van der Waals surface area (Å²) in [6.07, 6.45) is 0. The van der Waals surface area contributed by atoms with Crippen molar-refractivity contribution in [2.45, 2.75) is 6.92 Å². The number of aryl methyl sites for hydroxylation is 1. The van der Waals surface area contributed by atoms with Gasteiger partial charge in [0.25, 0.3) is 0 Å². The molecule has 3 heterocycles. The molecule has 0 bridgehead atoms. The van der Waals surface area contributed by atoms with Crippen LogP contribution in [-0.2, 0) is 0 Å². The van der Waals surface area contributed by atoms with Gasteiger partial charge in [-0.05, 0) is 36.8 Å². The zero-order chi connectivity index (χ0) is 20.8. The summed E-state index contributed by atoms with van der Waals surface area (Å²) < 4.78 is 1.74. The van der Waals surface area contributed by atoms with Gasteiger partial charge in [-0.2, -0.15) is 10.5 Å². The summed E-state index contributed by atoms with van der Waals surface area (Å²) in [7, 11) is 0. The van der Waals surface area contributed by atoms with Crippen LogP contribution in [0.2, 0.25) is 0 Å². The van der Waals surface area contributed by atoms with E-state index in [4.69, 9.17) is 5.73 Å². The van der Waals surface area contributed by atoms with Crippen LogP contribution in [0.1, 0.15) is 17.0 Å². The normalized spacial score (nSPS) is 10.9. The van der Waals surface area contributed by atoms with Crippen molar-refractivity contribution in [1.29, 1.82) is 10.5 Å². The molecule has 0 saturated carbocycles. The molecule has 0 aliphatic carbocycles. The van der Waals surface area contributed by atoms with Crippen LogP contribution < -0.4 is 5.73 Å². The number of hydrogen-bond acceptors (Lipinski definition) is 6. The van der Waals surface area contributed by atoms with Gasteiger partial charge in [0.05, 0.1) is 16.6 Å². The molecule has 0 aliphatic rings. The number of hydrogen-bond donors (Lipinski definition) is 2. The zero-order valence-electron chi connectivity index (χ0n) is 15.9. The number of imidazole rings is 1. The number of nitrogens with one attached hydrogen (secondary N) is 1. The summed E-state index contributed by atoms with van der Waals surface area (Å²) in [6, 6.07) is 19.3. The van der Waals surface area contributed by atoms with E-state index in [9.17, 15) is 10.5 Å². The highest BCUT2D eigenvalue weighted by Crippen LogP contribution is 2.37. The number of benzene rings is 2. The first kappa shape index (κ1) is 17.4. The number of aromatic nitrogens is 5. The lowest BCUT2D eigenvalue weighted by molar-refractivity contribution is 1.08. The Morgan fingerprint density at radius 3 is 2.47 bits per heavy atom. The number of nitriles is 2. The second kappa shape index (κ2) is 6.43. The number of nitrogens with zero attached hydrogens (tertiary/aromatic N) is 6. The minimum atomic E-state index is -0.0521. The predicted molar refractivity (Wildman–Crippen MR) is 113 cm³/mol. The van der Waals surface area contributed by atoms with Gasteiger partial charge in [0.1, 0.15) is 29.3 Å². The van der Waals surface area contributed by atoms with Gasteiger partial charge in [-0.3, -0.25) is 4.57 Å². The molecule has 5 rings (SSSR count). The van der Waals surface area contributed by atoms with Crippen molar-refractivity contribution in [2.75, 3.05) is 5.73 Å². The van der Waals surface area contributed by atoms with E-state index in [1.165, 1.54) is 0 Å². The van der Waals surface area contributed by atoms with Crippen LogP contribution in [0.3, 0.4) is 0 Å². The number of nitrogens with two attached hydrogens (primary N) is 1. The first-order valence-corrected chi connectivity index (χ1v) is 9.15. The van der Waals surface area contributed by atoms with Crippen LogP contribution in [0.25, 0.3) is 39.3 Å². The summed E-state index contributed by atoms with van der Waals surface area (Å²) in [6.45, 7) is 1.98. The maximum absolute atomic E-state index is 9.45. The topological polar surface area (TPSA) is 133 Å². The van der Waals surface area contributed by atoms with Crippen molar-refractivity contribution in [1.82, 2.24) is 24.5 Å². The molecule has 2 aromatic carbocycles. The Labute approximate surface area is 170 Å². The third kappa shape index (κ3) is 2.49. The largest absolute Gasteiger partial charge is 0.384 e. The quantitative estimate of drug-likeness (QED) is 0.473. The average Bonchev–Trinajstić information content (AvgIpc) is 3.29. The van der Waals surface area contributed by atoms with Gasteiger partial charge in [0.15, 0.2) is 17.0 Å². The molecule has 0 saturated heterocycles. The van der Waals surface area contributed by atoms with Crippen molar-refractivity contribution in [3.05, 3.63) is 65.5 Å². The standard InChI is InChI=1S/C22H14N8/c1-12-5-4-6-13(9-12)30-20(25)18(21-27-14-7-2-3-8-15(14)28-21)19-22(30)29-17(11-24)16(10-23)26-19/h2-9H,25H2,1H3,(H,27,28). The van der Waals surface area contributed by atoms with E-state index in [1.807, 2.05) is 67.6 Å². The molecular weight excluding hydrogens is 376 g/mol. The van der Waals surface area contributed by atoms with Crippen molar-refractivity contribution in [3.8, 4) is 29.2 Å². The lowest BCUT2D eigenvalue weighted by Crippen LogP contribution is -2.03. The van der Waals surface area contributed by atoms with Crippen LogP contribution in [0.5, 0.6) is 0 Å². The van der Waals surface area contributed by atoms with Crippen LogP contribution in [-0.4, -0.2) is 24.5 Å². The van der Waals surface area contributed by atoms with Crippen LogP contribution in [0.15, 0.2) is 48.5 Å². The smallest absolute Gasteiger partial charge is 0.179 e. The number of H-pyrrole nitrogens is 1. The SMILES string of the molecule is Cc1cccc(-n2c(N)c(-c3nc4ccccc4[nH]3)c3nc(C#N)c(C#N)nc32)c1. The third-order valence-electron chi connectivity index (χ3n) is 4.92. The molecule has 0 aliphatic heterocycles. The second-order valence-corrected chi connectivity index (χ2v) is 6.85. The summed E-state index contributed by atoms with van der Waals surface area (Å²) >= 11 is 0. The van der Waals surface area contributed by atoms with Crippen LogP contribution in [0.4, 0.5) is 5.82 Å². The van der Waals surface area contributed by atoms with E-state index in [1.54, 1.807) is 4.57 Å². The van der Waals surface area contributed by atoms with Gasteiger partial charge in [-0.1, -0.05) is 24.3 Å². The van der Waals surface area contributed by atoms with E-state index in [-0.39, 0.29) is 11.4 Å². The van der Waals surface area contributed by atoms with Crippen molar-refractivity contribution in [3.63, 3.8) is 0 Å². The number of aromatic amines is 1. The number of rotatable bonds is 2. The second-order valence-electron chi connectivity index (χ2n) is 6.85. The minimum Gasteiger partial charge on any atom is -0.384 e.